The monoisotopic (exact) mass is 213 g/mol. The molecule has 0 unspecified atom stereocenters. The van der Waals surface area contributed by atoms with Crippen LogP contribution in [0.15, 0.2) is 6.33 Å². The number of H-pyrrole nitrogens is 1. The van der Waals surface area contributed by atoms with Crippen molar-refractivity contribution >= 4 is 11.9 Å². The molecular formula is C8H11N3O4. The molecule has 7 heteroatoms. The maximum Gasteiger partial charge on any atom is 0.354 e. The van der Waals surface area contributed by atoms with E-state index in [1.807, 2.05) is 0 Å². The van der Waals surface area contributed by atoms with Crippen molar-refractivity contribution in [3.05, 3.63) is 17.7 Å². The van der Waals surface area contributed by atoms with Gasteiger partial charge in [-0.2, -0.15) is 0 Å². The molecule has 0 bridgehead atoms. The number of nitrogens with zero attached hydrogens (tertiary/aromatic N) is 1. The summed E-state index contributed by atoms with van der Waals surface area (Å²) in [6.07, 6.45) is 1.13. The minimum atomic E-state index is -1.26. The number of hydrogen-bond acceptors (Lipinski definition) is 4. The normalized spacial score (nSPS) is 12.1. The van der Waals surface area contributed by atoms with E-state index in [0.717, 1.165) is 6.33 Å². The first-order valence-corrected chi connectivity index (χ1v) is 4.24. The van der Waals surface area contributed by atoms with Crippen LogP contribution >= 0.6 is 0 Å². The van der Waals surface area contributed by atoms with Crippen molar-refractivity contribution in [2.45, 2.75) is 13.0 Å². The average molecular weight is 213 g/mol. The summed E-state index contributed by atoms with van der Waals surface area (Å²) in [5, 5.41) is 19.8. The molecule has 1 amide bonds. The Balaban J connectivity index is 2.82. The summed E-state index contributed by atoms with van der Waals surface area (Å²) in [6, 6.07) is -0.448. The van der Waals surface area contributed by atoms with Crippen LogP contribution in [0.5, 0.6) is 0 Å². The molecule has 1 aromatic rings. The Morgan fingerprint density at radius 1 is 1.67 bits per heavy atom. The number of amides is 1. The minimum absolute atomic E-state index is 0.192. The van der Waals surface area contributed by atoms with E-state index in [0.29, 0.717) is 0 Å². The second-order valence-corrected chi connectivity index (χ2v) is 2.99. The number of aliphatic hydroxyl groups is 1. The largest absolute Gasteiger partial charge is 0.477 e. The molecule has 1 rings (SSSR count). The summed E-state index contributed by atoms with van der Waals surface area (Å²) in [6.45, 7) is 1.36. The van der Waals surface area contributed by atoms with Crippen LogP contribution in [0.25, 0.3) is 0 Å². The Labute approximate surface area is 85.1 Å². The van der Waals surface area contributed by atoms with Gasteiger partial charge in [0.1, 0.15) is 0 Å². The van der Waals surface area contributed by atoms with E-state index >= 15 is 0 Å². The summed E-state index contributed by atoms with van der Waals surface area (Å²) < 4.78 is 0. The van der Waals surface area contributed by atoms with Crippen molar-refractivity contribution in [1.82, 2.24) is 15.3 Å². The predicted octanol–water partition coefficient (Wildman–Crippen LogP) is -0.782. The molecule has 0 aromatic carbocycles. The molecule has 7 nitrogen and oxygen atoms in total. The number of rotatable bonds is 4. The van der Waals surface area contributed by atoms with E-state index in [9.17, 15) is 9.59 Å². The highest BCUT2D eigenvalue weighted by Crippen LogP contribution is 2.02. The topological polar surface area (TPSA) is 115 Å². The third-order valence-electron chi connectivity index (χ3n) is 1.72. The van der Waals surface area contributed by atoms with Crippen molar-refractivity contribution in [1.29, 1.82) is 0 Å². The third kappa shape index (κ3) is 2.53. The van der Waals surface area contributed by atoms with Gasteiger partial charge in [-0.3, -0.25) is 4.79 Å². The molecule has 0 aliphatic carbocycles. The molecule has 1 heterocycles. The van der Waals surface area contributed by atoms with Gasteiger partial charge in [-0.1, -0.05) is 0 Å². The van der Waals surface area contributed by atoms with Crippen LogP contribution in [0, 0.1) is 0 Å². The van der Waals surface area contributed by atoms with Crippen LogP contribution in [-0.2, 0) is 0 Å². The van der Waals surface area contributed by atoms with Gasteiger partial charge in [-0.25, -0.2) is 9.78 Å². The van der Waals surface area contributed by atoms with Gasteiger partial charge in [0, 0.05) is 6.04 Å². The summed E-state index contributed by atoms with van der Waals surface area (Å²) in [5.74, 6) is -1.88. The maximum atomic E-state index is 11.4. The van der Waals surface area contributed by atoms with Gasteiger partial charge in [0.15, 0.2) is 11.4 Å². The molecule has 15 heavy (non-hydrogen) atoms. The lowest BCUT2D eigenvalue weighted by molar-refractivity contribution is 0.0684. The van der Waals surface area contributed by atoms with Gasteiger partial charge in [-0.05, 0) is 6.92 Å². The van der Waals surface area contributed by atoms with E-state index in [1.165, 1.54) is 0 Å². The number of carbonyl (C=O) groups excluding carboxylic acids is 1. The van der Waals surface area contributed by atoms with Crippen molar-refractivity contribution in [2.75, 3.05) is 6.61 Å². The van der Waals surface area contributed by atoms with Gasteiger partial charge in [-0.15, -0.1) is 0 Å². The molecule has 0 saturated heterocycles. The van der Waals surface area contributed by atoms with Gasteiger partial charge < -0.3 is 20.5 Å². The zero-order valence-corrected chi connectivity index (χ0v) is 8.02. The lowest BCUT2D eigenvalue weighted by atomic mass is 10.3. The number of aliphatic hydroxyl groups excluding tert-OH is 1. The second-order valence-electron chi connectivity index (χ2n) is 2.99. The number of aromatic carboxylic acids is 1. The van der Waals surface area contributed by atoms with Crippen LogP contribution in [0.3, 0.4) is 0 Å². The average Bonchev–Trinajstić information content (AvgIpc) is 2.65. The van der Waals surface area contributed by atoms with E-state index in [4.69, 9.17) is 10.2 Å². The summed E-state index contributed by atoms with van der Waals surface area (Å²) >= 11 is 0. The Morgan fingerprint density at radius 2 is 2.33 bits per heavy atom. The number of imidazole rings is 1. The van der Waals surface area contributed by atoms with Crippen LogP contribution in [0.2, 0.25) is 0 Å². The highest BCUT2D eigenvalue weighted by atomic mass is 16.4. The van der Waals surface area contributed by atoms with E-state index in [-0.39, 0.29) is 18.0 Å². The number of carboxylic acids is 1. The highest BCUT2D eigenvalue weighted by molar-refractivity contribution is 6.02. The minimum Gasteiger partial charge on any atom is -0.477 e. The van der Waals surface area contributed by atoms with Crippen LogP contribution in [0.4, 0.5) is 0 Å². The molecule has 0 aliphatic rings. The van der Waals surface area contributed by atoms with E-state index in [2.05, 4.69) is 15.3 Å². The lowest BCUT2D eigenvalue weighted by Crippen LogP contribution is -2.36. The zero-order chi connectivity index (χ0) is 11.4. The van der Waals surface area contributed by atoms with Gasteiger partial charge in [0.05, 0.1) is 12.9 Å². The first-order chi connectivity index (χ1) is 7.06. The maximum absolute atomic E-state index is 11.4. The van der Waals surface area contributed by atoms with Gasteiger partial charge in [0.25, 0.3) is 5.91 Å². The Morgan fingerprint density at radius 3 is 2.87 bits per heavy atom. The zero-order valence-electron chi connectivity index (χ0n) is 8.02. The molecule has 0 fully saturated rings. The third-order valence-corrected chi connectivity index (χ3v) is 1.72. The fourth-order valence-electron chi connectivity index (χ4n) is 0.967. The number of carboxylic acid groups (broad SMARTS) is 1. The van der Waals surface area contributed by atoms with Crippen LogP contribution in [0.1, 0.15) is 27.9 Å². The van der Waals surface area contributed by atoms with Gasteiger partial charge >= 0.3 is 5.97 Å². The Bertz CT molecular complexity index is 374. The first kappa shape index (κ1) is 11.2. The van der Waals surface area contributed by atoms with Crippen molar-refractivity contribution in [3.8, 4) is 0 Å². The molecule has 0 saturated carbocycles. The quantitative estimate of drug-likeness (QED) is 0.523. The molecule has 1 atom stereocenters. The molecule has 0 radical (unpaired) electrons. The number of hydrogen-bond donors (Lipinski definition) is 4. The molecule has 1 aromatic heterocycles. The standard InChI is InChI=1S/C8H11N3O4/c1-4(2-12)11-7(13)5-6(8(14)15)10-3-9-5/h3-4,12H,2H2,1H3,(H,9,10)(H,11,13)(H,14,15)/t4-/m1/s1. The van der Waals surface area contributed by atoms with Gasteiger partial charge in [0.2, 0.25) is 0 Å². The second kappa shape index (κ2) is 4.56. The summed E-state index contributed by atoms with van der Waals surface area (Å²) in [7, 11) is 0. The first-order valence-electron chi connectivity index (χ1n) is 4.24. The van der Waals surface area contributed by atoms with Crippen molar-refractivity contribution in [3.63, 3.8) is 0 Å². The SMILES string of the molecule is C[C@H](CO)NC(=O)c1nc[nH]c1C(=O)O. The molecule has 4 N–H and O–H groups in total. The van der Waals surface area contributed by atoms with E-state index in [1.54, 1.807) is 6.92 Å². The predicted molar refractivity (Wildman–Crippen MR) is 49.6 cm³/mol. The molecule has 82 valence electrons. The van der Waals surface area contributed by atoms with Crippen molar-refractivity contribution in [2.24, 2.45) is 0 Å². The van der Waals surface area contributed by atoms with Crippen LogP contribution < -0.4 is 5.32 Å². The fraction of sp³-hybridized carbons (Fsp3) is 0.375. The molecular weight excluding hydrogens is 202 g/mol. The number of carbonyl (C=O) groups is 2. The molecule has 0 spiro atoms. The van der Waals surface area contributed by atoms with Crippen LogP contribution in [-0.4, -0.2) is 44.7 Å². The smallest absolute Gasteiger partial charge is 0.354 e. The highest BCUT2D eigenvalue weighted by Gasteiger charge is 2.20. The summed E-state index contributed by atoms with van der Waals surface area (Å²) in [4.78, 5) is 28.0. The number of nitrogens with one attached hydrogen (secondary N) is 2. The Kier molecular flexibility index (Phi) is 3.40. The number of aromatic nitrogens is 2. The number of aromatic amines is 1. The van der Waals surface area contributed by atoms with E-state index < -0.39 is 17.9 Å². The lowest BCUT2D eigenvalue weighted by Gasteiger charge is -2.09. The molecule has 0 aliphatic heterocycles. The fourth-order valence-corrected chi connectivity index (χ4v) is 0.967. The summed E-state index contributed by atoms with van der Waals surface area (Å²) in [5.41, 5.74) is -0.458. The Hall–Kier alpha value is -1.89. The van der Waals surface area contributed by atoms with Crippen molar-refractivity contribution < 1.29 is 19.8 Å².